The second-order valence-corrected chi connectivity index (χ2v) is 5.19. The van der Waals surface area contributed by atoms with Crippen molar-refractivity contribution in [1.29, 1.82) is 0 Å². The summed E-state index contributed by atoms with van der Waals surface area (Å²) in [5, 5.41) is 5.29. The van der Waals surface area contributed by atoms with E-state index in [1.54, 1.807) is 6.92 Å². The molecule has 0 atom stereocenters. The van der Waals surface area contributed by atoms with E-state index in [2.05, 4.69) is 10.6 Å². The third kappa shape index (κ3) is 4.19. The van der Waals surface area contributed by atoms with Gasteiger partial charge in [-0.15, -0.1) is 0 Å². The Morgan fingerprint density at radius 2 is 1.95 bits per heavy atom. The number of benzene rings is 1. The van der Waals surface area contributed by atoms with Crippen LogP contribution in [0.1, 0.15) is 32.8 Å². The zero-order chi connectivity index (χ0) is 14.6. The first-order valence-corrected chi connectivity index (χ1v) is 6.26. The maximum Gasteiger partial charge on any atom is 0.239 e. The summed E-state index contributed by atoms with van der Waals surface area (Å²) in [5.74, 6) is -1.67. The Labute approximate surface area is 112 Å². The molecule has 0 aliphatic heterocycles. The summed E-state index contributed by atoms with van der Waals surface area (Å²) in [6.07, 6.45) is 0.770. The fraction of sp³-hybridized carbons (Fsp3) is 0.500. The van der Waals surface area contributed by atoms with E-state index in [1.807, 2.05) is 20.8 Å². The van der Waals surface area contributed by atoms with Crippen LogP contribution in [0.5, 0.6) is 0 Å². The number of amides is 1. The summed E-state index contributed by atoms with van der Waals surface area (Å²) in [6, 6.07) is 2.53. The highest BCUT2D eigenvalue weighted by Crippen LogP contribution is 2.21. The third-order valence-electron chi connectivity index (χ3n) is 3.07. The van der Waals surface area contributed by atoms with Crippen LogP contribution in [0.15, 0.2) is 12.1 Å². The number of hydrogen-bond acceptors (Lipinski definition) is 2. The van der Waals surface area contributed by atoms with Crippen LogP contribution in [-0.2, 0) is 4.79 Å². The van der Waals surface area contributed by atoms with E-state index >= 15 is 0 Å². The number of aryl methyl sites for hydroxylation is 1. The molecule has 1 rings (SSSR count). The maximum absolute atomic E-state index is 13.7. The van der Waals surface area contributed by atoms with Crippen molar-refractivity contribution in [1.82, 2.24) is 5.32 Å². The van der Waals surface area contributed by atoms with Gasteiger partial charge in [0.1, 0.15) is 11.5 Å². The van der Waals surface area contributed by atoms with Crippen molar-refractivity contribution in [3.05, 3.63) is 29.3 Å². The van der Waals surface area contributed by atoms with Crippen molar-refractivity contribution in [3.8, 4) is 0 Å². The first-order valence-electron chi connectivity index (χ1n) is 6.26. The summed E-state index contributed by atoms with van der Waals surface area (Å²) < 4.78 is 27.1. The monoisotopic (exact) mass is 270 g/mol. The lowest BCUT2D eigenvalue weighted by molar-refractivity contribution is -0.121. The lowest BCUT2D eigenvalue weighted by atomic mass is 10.0. The number of rotatable bonds is 5. The zero-order valence-corrected chi connectivity index (χ0v) is 11.7. The molecule has 0 fully saturated rings. The topological polar surface area (TPSA) is 41.1 Å². The highest BCUT2D eigenvalue weighted by Gasteiger charge is 2.18. The molecule has 2 N–H and O–H groups in total. The largest absolute Gasteiger partial charge is 0.371 e. The number of anilines is 1. The Bertz CT molecular complexity index is 473. The highest BCUT2D eigenvalue weighted by molar-refractivity contribution is 5.81. The lowest BCUT2D eigenvalue weighted by Gasteiger charge is -2.24. The second-order valence-electron chi connectivity index (χ2n) is 5.19. The molecule has 3 nitrogen and oxygen atoms in total. The van der Waals surface area contributed by atoms with Gasteiger partial charge in [-0.1, -0.05) is 13.0 Å². The number of hydrogen-bond donors (Lipinski definition) is 2. The molecule has 0 spiro atoms. The van der Waals surface area contributed by atoms with Gasteiger partial charge in [0.15, 0.2) is 5.82 Å². The van der Waals surface area contributed by atoms with E-state index in [9.17, 15) is 13.6 Å². The fourth-order valence-corrected chi connectivity index (χ4v) is 1.50. The van der Waals surface area contributed by atoms with Crippen LogP contribution >= 0.6 is 0 Å². The molecule has 0 heterocycles. The van der Waals surface area contributed by atoms with Crippen LogP contribution in [-0.4, -0.2) is 18.0 Å². The standard InChI is InChI=1S/C14H20F2N2O/c1-5-14(3,4)18-11(19)8-17-13-10(15)7-6-9(2)12(13)16/h6-7,17H,5,8H2,1-4H3,(H,18,19). The fourth-order valence-electron chi connectivity index (χ4n) is 1.50. The van der Waals surface area contributed by atoms with Crippen molar-refractivity contribution in [2.24, 2.45) is 0 Å². The maximum atomic E-state index is 13.7. The molecule has 5 heteroatoms. The number of carbonyl (C=O) groups is 1. The quantitative estimate of drug-likeness (QED) is 0.863. The molecule has 1 aromatic carbocycles. The first-order chi connectivity index (χ1) is 8.76. The average molecular weight is 270 g/mol. The SMILES string of the molecule is CCC(C)(C)NC(=O)CNc1c(F)ccc(C)c1F. The Kier molecular flexibility index (Phi) is 4.86. The molecule has 0 bridgehead atoms. The van der Waals surface area contributed by atoms with E-state index in [1.165, 1.54) is 12.1 Å². The lowest BCUT2D eigenvalue weighted by Crippen LogP contribution is -2.45. The summed E-state index contributed by atoms with van der Waals surface area (Å²) in [4.78, 5) is 11.7. The minimum absolute atomic E-state index is 0.166. The summed E-state index contributed by atoms with van der Waals surface area (Å²) in [5.41, 5.74) is -0.259. The molecule has 0 radical (unpaired) electrons. The molecule has 0 saturated carbocycles. The normalized spacial score (nSPS) is 11.3. The van der Waals surface area contributed by atoms with Crippen LogP contribution in [0, 0.1) is 18.6 Å². The molecular weight excluding hydrogens is 250 g/mol. The predicted octanol–water partition coefficient (Wildman–Crippen LogP) is 2.99. The smallest absolute Gasteiger partial charge is 0.239 e. The Balaban J connectivity index is 2.68. The number of nitrogens with one attached hydrogen (secondary N) is 2. The van der Waals surface area contributed by atoms with Crippen molar-refractivity contribution in [2.75, 3.05) is 11.9 Å². The Hall–Kier alpha value is -1.65. The molecule has 106 valence electrons. The molecule has 19 heavy (non-hydrogen) atoms. The average Bonchev–Trinajstić information content (AvgIpc) is 2.33. The zero-order valence-electron chi connectivity index (χ0n) is 11.7. The molecule has 0 aromatic heterocycles. The van der Waals surface area contributed by atoms with Crippen LogP contribution < -0.4 is 10.6 Å². The van der Waals surface area contributed by atoms with Gasteiger partial charge < -0.3 is 10.6 Å². The second kappa shape index (κ2) is 5.99. The molecule has 0 aliphatic carbocycles. The minimum Gasteiger partial charge on any atom is -0.371 e. The Morgan fingerprint density at radius 3 is 2.53 bits per heavy atom. The summed E-state index contributed by atoms with van der Waals surface area (Å²) >= 11 is 0. The van der Waals surface area contributed by atoms with Crippen molar-refractivity contribution in [2.45, 2.75) is 39.7 Å². The van der Waals surface area contributed by atoms with Gasteiger partial charge in [-0.05, 0) is 38.8 Å². The minimum atomic E-state index is -0.703. The predicted molar refractivity (Wildman–Crippen MR) is 72.1 cm³/mol. The van der Waals surface area contributed by atoms with Gasteiger partial charge in [-0.2, -0.15) is 0 Å². The molecule has 0 saturated heterocycles. The van der Waals surface area contributed by atoms with E-state index in [4.69, 9.17) is 0 Å². The highest BCUT2D eigenvalue weighted by atomic mass is 19.1. The molecule has 0 aliphatic rings. The third-order valence-corrected chi connectivity index (χ3v) is 3.07. The summed E-state index contributed by atoms with van der Waals surface area (Å²) in [7, 11) is 0. The summed E-state index contributed by atoms with van der Waals surface area (Å²) in [6.45, 7) is 7.10. The van der Waals surface area contributed by atoms with Crippen LogP contribution in [0.3, 0.4) is 0 Å². The molecular formula is C14H20F2N2O. The molecule has 0 unspecified atom stereocenters. The van der Waals surface area contributed by atoms with Crippen molar-refractivity contribution in [3.63, 3.8) is 0 Å². The van der Waals surface area contributed by atoms with Crippen molar-refractivity contribution < 1.29 is 13.6 Å². The molecule has 1 aromatic rings. The van der Waals surface area contributed by atoms with E-state index in [-0.39, 0.29) is 23.7 Å². The van der Waals surface area contributed by atoms with Gasteiger partial charge >= 0.3 is 0 Å². The Morgan fingerprint density at radius 1 is 1.32 bits per heavy atom. The van der Waals surface area contributed by atoms with Gasteiger partial charge in [0.25, 0.3) is 0 Å². The van der Waals surface area contributed by atoms with Crippen LogP contribution in [0.4, 0.5) is 14.5 Å². The van der Waals surface area contributed by atoms with Gasteiger partial charge in [-0.25, -0.2) is 8.78 Å². The number of halogens is 2. The van der Waals surface area contributed by atoms with E-state index < -0.39 is 11.6 Å². The number of carbonyl (C=O) groups excluding carboxylic acids is 1. The molecule has 1 amide bonds. The van der Waals surface area contributed by atoms with Gasteiger partial charge in [0, 0.05) is 5.54 Å². The van der Waals surface area contributed by atoms with Crippen LogP contribution in [0.25, 0.3) is 0 Å². The first kappa shape index (κ1) is 15.4. The van der Waals surface area contributed by atoms with Crippen molar-refractivity contribution >= 4 is 11.6 Å². The van der Waals surface area contributed by atoms with Crippen LogP contribution in [0.2, 0.25) is 0 Å². The van der Waals surface area contributed by atoms with Gasteiger partial charge in [-0.3, -0.25) is 4.79 Å². The van der Waals surface area contributed by atoms with Gasteiger partial charge in [0.05, 0.1) is 6.54 Å². The van der Waals surface area contributed by atoms with E-state index in [0.717, 1.165) is 6.42 Å². The van der Waals surface area contributed by atoms with E-state index in [0.29, 0.717) is 5.56 Å². The van der Waals surface area contributed by atoms with Gasteiger partial charge in [0.2, 0.25) is 5.91 Å².